The van der Waals surface area contributed by atoms with Gasteiger partial charge in [0.25, 0.3) is 0 Å². The Bertz CT molecular complexity index is 1220. The van der Waals surface area contributed by atoms with Crippen LogP contribution < -0.4 is 5.32 Å². The number of amides is 2. The third-order valence-corrected chi connectivity index (χ3v) is 10.4. The van der Waals surface area contributed by atoms with Crippen LogP contribution in [0.4, 0.5) is 0 Å². The summed E-state index contributed by atoms with van der Waals surface area (Å²) >= 11 is 0. The molecule has 4 bridgehead atoms. The van der Waals surface area contributed by atoms with Gasteiger partial charge in [0.15, 0.2) is 0 Å². The maximum absolute atomic E-state index is 14.4. The molecule has 2 aromatic rings. The fourth-order valence-electron chi connectivity index (χ4n) is 8.58. The zero-order valence-electron chi connectivity index (χ0n) is 23.8. The summed E-state index contributed by atoms with van der Waals surface area (Å²) in [5.41, 5.74) is 5.32. The Kier molecular flexibility index (Phi) is 6.95. The zero-order chi connectivity index (χ0) is 27.4. The van der Waals surface area contributed by atoms with Crippen molar-refractivity contribution in [3.8, 4) is 5.75 Å². The van der Waals surface area contributed by atoms with E-state index in [9.17, 15) is 14.7 Å². The van der Waals surface area contributed by atoms with E-state index in [2.05, 4.69) is 17.4 Å². The molecule has 6 nitrogen and oxygen atoms in total. The summed E-state index contributed by atoms with van der Waals surface area (Å²) < 4.78 is 0. The van der Waals surface area contributed by atoms with Gasteiger partial charge < -0.3 is 15.3 Å². The number of fused-ring (bicyclic) bond motifs is 1. The molecular weight excluding hydrogens is 486 g/mol. The molecule has 7 rings (SSSR count). The fraction of sp³-hybridized carbons (Fsp3) is 0.576. The van der Waals surface area contributed by atoms with E-state index in [0.717, 1.165) is 34.1 Å². The highest BCUT2D eigenvalue weighted by Crippen LogP contribution is 2.53. The molecule has 2 amide bonds. The Morgan fingerprint density at radius 3 is 2.15 bits per heavy atom. The van der Waals surface area contributed by atoms with Gasteiger partial charge in [-0.3, -0.25) is 14.5 Å². The van der Waals surface area contributed by atoms with E-state index in [-0.39, 0.29) is 23.6 Å². The van der Waals surface area contributed by atoms with Crippen molar-refractivity contribution in [3.63, 3.8) is 0 Å². The largest absolute Gasteiger partial charge is 0.508 e. The Morgan fingerprint density at radius 1 is 0.974 bits per heavy atom. The van der Waals surface area contributed by atoms with Crippen LogP contribution in [0.15, 0.2) is 36.4 Å². The van der Waals surface area contributed by atoms with E-state index in [4.69, 9.17) is 0 Å². The molecule has 6 heteroatoms. The van der Waals surface area contributed by atoms with Gasteiger partial charge in [-0.05, 0) is 130 Å². The zero-order valence-corrected chi connectivity index (χ0v) is 23.8. The summed E-state index contributed by atoms with van der Waals surface area (Å²) in [5, 5.41) is 13.6. The number of likely N-dealkylation sites (N-methyl/N-ethyl adjacent to an activating group) is 1. The van der Waals surface area contributed by atoms with Crippen LogP contribution in [0.2, 0.25) is 0 Å². The first kappa shape index (κ1) is 26.4. The fourth-order valence-corrected chi connectivity index (χ4v) is 8.58. The molecule has 2 N–H and O–H groups in total. The first-order valence-electron chi connectivity index (χ1n) is 14.8. The van der Waals surface area contributed by atoms with Gasteiger partial charge in [0.1, 0.15) is 11.8 Å². The number of nitrogens with zero attached hydrogens (tertiary/aromatic N) is 2. The minimum Gasteiger partial charge on any atom is -0.508 e. The van der Waals surface area contributed by atoms with E-state index in [1.165, 1.54) is 37.7 Å². The van der Waals surface area contributed by atoms with E-state index in [1.807, 2.05) is 49.9 Å². The standard InChI is InChI=1S/C33H43N3O3/c1-19-9-27(37)10-20(2)28(19)17-30(35(3)4)33(39)36-18-24-8-6-5-7-23(24)16-29(36)32(38)34-31-25-12-21-11-22(14-25)15-26(31)13-21/h5-10,21-22,25-26,29-31,37H,11-18H2,1-4H3,(H,34,38)/t21?,22?,25?,26?,29-,30-,31?/m0/s1. The number of hydrogen-bond acceptors (Lipinski definition) is 4. The lowest BCUT2D eigenvalue weighted by Crippen LogP contribution is -2.62. The smallest absolute Gasteiger partial charge is 0.243 e. The van der Waals surface area contributed by atoms with Gasteiger partial charge in [0.05, 0.1) is 6.04 Å². The van der Waals surface area contributed by atoms with Crippen molar-refractivity contribution in [2.24, 2.45) is 23.7 Å². The second-order valence-corrected chi connectivity index (χ2v) is 13.2. The van der Waals surface area contributed by atoms with Crippen LogP contribution in [-0.4, -0.2) is 58.9 Å². The number of aryl methyl sites for hydroxylation is 2. The van der Waals surface area contributed by atoms with E-state index < -0.39 is 12.1 Å². The number of hydrogen-bond donors (Lipinski definition) is 2. The van der Waals surface area contributed by atoms with Gasteiger partial charge in [-0.25, -0.2) is 0 Å². The van der Waals surface area contributed by atoms with Crippen molar-refractivity contribution < 1.29 is 14.7 Å². The number of nitrogens with one attached hydrogen (secondary N) is 1. The number of rotatable bonds is 6. The molecule has 1 aliphatic heterocycles. The number of phenolic OH excluding ortho intramolecular Hbond substituents is 1. The molecule has 0 spiro atoms. The Balaban J connectivity index is 1.27. The summed E-state index contributed by atoms with van der Waals surface area (Å²) in [6.45, 7) is 4.42. The average molecular weight is 530 g/mol. The molecular formula is C33H43N3O3. The highest BCUT2D eigenvalue weighted by atomic mass is 16.3. The first-order valence-corrected chi connectivity index (χ1v) is 14.8. The number of aromatic hydroxyl groups is 1. The minimum absolute atomic E-state index is 0.00777. The first-order chi connectivity index (χ1) is 18.7. The van der Waals surface area contributed by atoms with Crippen molar-refractivity contribution in [2.45, 2.75) is 83.5 Å². The maximum atomic E-state index is 14.4. The van der Waals surface area contributed by atoms with Crippen LogP contribution in [0, 0.1) is 37.5 Å². The molecule has 208 valence electrons. The van der Waals surface area contributed by atoms with Gasteiger partial charge in [-0.2, -0.15) is 0 Å². The quantitative estimate of drug-likeness (QED) is 0.583. The van der Waals surface area contributed by atoms with Crippen LogP contribution in [0.1, 0.15) is 59.9 Å². The summed E-state index contributed by atoms with van der Waals surface area (Å²) in [4.78, 5) is 32.2. The monoisotopic (exact) mass is 529 g/mol. The molecule has 0 saturated heterocycles. The molecule has 2 aromatic carbocycles. The Labute approximate surface area is 232 Å². The maximum Gasteiger partial charge on any atom is 0.243 e. The van der Waals surface area contributed by atoms with Gasteiger partial charge in [0.2, 0.25) is 11.8 Å². The second kappa shape index (κ2) is 10.3. The molecule has 4 saturated carbocycles. The van der Waals surface area contributed by atoms with E-state index >= 15 is 0 Å². The Hall–Kier alpha value is -2.86. The molecule has 0 aromatic heterocycles. The van der Waals surface area contributed by atoms with Crippen molar-refractivity contribution in [1.29, 1.82) is 0 Å². The molecule has 1 heterocycles. The summed E-state index contributed by atoms with van der Waals surface area (Å²) in [5.74, 6) is 3.16. The van der Waals surface area contributed by atoms with Crippen molar-refractivity contribution >= 4 is 11.8 Å². The van der Waals surface area contributed by atoms with Gasteiger partial charge >= 0.3 is 0 Å². The highest BCUT2D eigenvalue weighted by molar-refractivity contribution is 5.91. The normalized spacial score (nSPS) is 29.8. The number of benzene rings is 2. The number of carbonyl (C=O) groups excluding carboxylic acids is 2. The van der Waals surface area contributed by atoms with Gasteiger partial charge in [-0.15, -0.1) is 0 Å². The molecule has 2 atom stereocenters. The molecule has 5 aliphatic rings. The Morgan fingerprint density at radius 2 is 1.56 bits per heavy atom. The van der Waals surface area contributed by atoms with Gasteiger partial charge in [0, 0.05) is 19.0 Å². The molecule has 0 unspecified atom stereocenters. The SMILES string of the molecule is Cc1cc(O)cc(C)c1C[C@@H](C(=O)N1Cc2ccccc2C[C@H]1C(=O)NC1C2CC3CC(C2)CC1C3)N(C)C. The summed E-state index contributed by atoms with van der Waals surface area (Å²) in [7, 11) is 3.88. The highest BCUT2D eigenvalue weighted by Gasteiger charge is 2.49. The van der Waals surface area contributed by atoms with E-state index in [1.54, 1.807) is 12.1 Å². The predicted octanol–water partition coefficient (Wildman–Crippen LogP) is 4.38. The number of carbonyl (C=O) groups is 2. The third kappa shape index (κ3) is 4.97. The molecule has 0 radical (unpaired) electrons. The minimum atomic E-state index is -0.506. The van der Waals surface area contributed by atoms with Crippen LogP contribution in [0.5, 0.6) is 5.75 Å². The van der Waals surface area contributed by atoms with Crippen molar-refractivity contribution in [1.82, 2.24) is 15.1 Å². The topological polar surface area (TPSA) is 72.9 Å². The lowest BCUT2D eigenvalue weighted by Gasteiger charge is -2.54. The lowest BCUT2D eigenvalue weighted by molar-refractivity contribution is -0.146. The van der Waals surface area contributed by atoms with Crippen LogP contribution in [0.25, 0.3) is 0 Å². The van der Waals surface area contributed by atoms with Crippen molar-refractivity contribution in [2.75, 3.05) is 14.1 Å². The molecule has 39 heavy (non-hydrogen) atoms. The van der Waals surface area contributed by atoms with E-state index in [0.29, 0.717) is 31.2 Å². The third-order valence-electron chi connectivity index (χ3n) is 10.4. The van der Waals surface area contributed by atoms with Crippen LogP contribution in [-0.2, 0) is 29.0 Å². The van der Waals surface area contributed by atoms with Gasteiger partial charge in [-0.1, -0.05) is 24.3 Å². The summed E-state index contributed by atoms with van der Waals surface area (Å²) in [6, 6.07) is 11.1. The van der Waals surface area contributed by atoms with Crippen LogP contribution in [0.3, 0.4) is 0 Å². The molecule has 4 fully saturated rings. The van der Waals surface area contributed by atoms with Crippen LogP contribution >= 0.6 is 0 Å². The summed E-state index contributed by atoms with van der Waals surface area (Å²) in [6.07, 6.45) is 7.49. The predicted molar refractivity (Wildman–Crippen MR) is 152 cm³/mol. The second-order valence-electron chi connectivity index (χ2n) is 13.2. The average Bonchev–Trinajstić information content (AvgIpc) is 2.88. The number of phenols is 1. The molecule has 4 aliphatic carbocycles. The van der Waals surface area contributed by atoms with Crippen molar-refractivity contribution in [3.05, 3.63) is 64.2 Å². The lowest BCUT2D eigenvalue weighted by atomic mass is 9.54.